The Morgan fingerprint density at radius 1 is 1.45 bits per heavy atom. The van der Waals surface area contributed by atoms with Crippen LogP contribution in [0.5, 0.6) is 5.75 Å². The minimum atomic E-state index is -0.504. The van der Waals surface area contributed by atoms with Gasteiger partial charge in [-0.3, -0.25) is 0 Å². The Labute approximate surface area is 122 Å². The third-order valence-corrected chi connectivity index (χ3v) is 4.04. The third-order valence-electron chi connectivity index (χ3n) is 4.04. The first kappa shape index (κ1) is 15.3. The van der Waals surface area contributed by atoms with Crippen LogP contribution in [0.4, 0.5) is 0 Å². The molecule has 2 rings (SSSR count). The number of likely N-dealkylation sites (tertiary alicyclic amines) is 1. The van der Waals surface area contributed by atoms with E-state index in [0.717, 1.165) is 30.3 Å². The van der Waals surface area contributed by atoms with Gasteiger partial charge in [0.2, 0.25) is 0 Å². The zero-order valence-electron chi connectivity index (χ0n) is 12.7. The molecule has 1 N–H and O–H groups in total. The van der Waals surface area contributed by atoms with Crippen LogP contribution in [0.1, 0.15) is 18.1 Å². The Morgan fingerprint density at radius 2 is 2.20 bits per heavy atom. The molecule has 0 aromatic heterocycles. The van der Waals surface area contributed by atoms with E-state index in [9.17, 15) is 5.11 Å². The molecule has 20 heavy (non-hydrogen) atoms. The number of methoxy groups -OCH3 is 1. The number of aliphatic hydroxyl groups is 1. The molecule has 0 spiro atoms. The summed E-state index contributed by atoms with van der Waals surface area (Å²) in [5.74, 6) is 1.48. The van der Waals surface area contributed by atoms with Gasteiger partial charge in [0.05, 0.1) is 13.2 Å². The van der Waals surface area contributed by atoms with Crippen molar-refractivity contribution < 1.29 is 9.84 Å². The molecule has 1 heterocycles. The number of rotatable bonds is 6. The summed E-state index contributed by atoms with van der Waals surface area (Å²) in [7, 11) is 5.89. The van der Waals surface area contributed by atoms with Gasteiger partial charge in [0.15, 0.2) is 0 Å². The first-order chi connectivity index (χ1) is 9.60. The molecule has 4 nitrogen and oxygen atoms in total. The first-order valence-electron chi connectivity index (χ1n) is 7.28. The number of hydrogen-bond acceptors (Lipinski definition) is 4. The van der Waals surface area contributed by atoms with Crippen LogP contribution >= 0.6 is 0 Å². The number of para-hydroxylation sites is 1. The van der Waals surface area contributed by atoms with E-state index in [2.05, 4.69) is 23.9 Å². The SMILES string of the molecule is COc1ccccc1C(O)CN(C)CC1CCN(C)C1. The van der Waals surface area contributed by atoms with E-state index in [1.165, 1.54) is 13.0 Å². The van der Waals surface area contributed by atoms with Crippen LogP contribution in [0.2, 0.25) is 0 Å². The summed E-state index contributed by atoms with van der Waals surface area (Å²) in [5, 5.41) is 10.4. The fourth-order valence-electron chi connectivity index (χ4n) is 3.03. The molecule has 2 atom stereocenters. The standard InChI is InChI=1S/C16H26N2O2/c1-17-9-8-13(10-17)11-18(2)12-15(19)14-6-4-5-7-16(14)20-3/h4-7,13,15,19H,8-12H2,1-3H3. The van der Waals surface area contributed by atoms with Crippen molar-refractivity contribution in [2.24, 2.45) is 5.92 Å². The normalized spacial score (nSPS) is 21.4. The smallest absolute Gasteiger partial charge is 0.124 e. The topological polar surface area (TPSA) is 35.9 Å². The minimum Gasteiger partial charge on any atom is -0.496 e. The highest BCUT2D eigenvalue weighted by Gasteiger charge is 2.22. The highest BCUT2D eigenvalue weighted by Crippen LogP contribution is 2.25. The average Bonchev–Trinajstić information content (AvgIpc) is 2.83. The molecule has 0 bridgehead atoms. The molecule has 1 aromatic rings. The van der Waals surface area contributed by atoms with Crippen LogP contribution in [0.15, 0.2) is 24.3 Å². The van der Waals surface area contributed by atoms with Gasteiger partial charge in [-0.05, 0) is 39.0 Å². The van der Waals surface area contributed by atoms with Crippen molar-refractivity contribution in [2.75, 3.05) is 47.4 Å². The number of ether oxygens (including phenoxy) is 1. The fourth-order valence-corrected chi connectivity index (χ4v) is 3.03. The maximum atomic E-state index is 10.4. The Balaban J connectivity index is 1.88. The monoisotopic (exact) mass is 278 g/mol. The lowest BCUT2D eigenvalue weighted by Crippen LogP contribution is -2.31. The molecule has 1 aliphatic rings. The van der Waals surface area contributed by atoms with E-state index >= 15 is 0 Å². The number of nitrogens with zero attached hydrogens (tertiary/aromatic N) is 2. The minimum absolute atomic E-state index is 0.504. The molecule has 1 fully saturated rings. The van der Waals surface area contributed by atoms with Crippen LogP contribution in [-0.2, 0) is 0 Å². The summed E-state index contributed by atoms with van der Waals surface area (Å²) in [4.78, 5) is 4.59. The van der Waals surface area contributed by atoms with E-state index in [1.54, 1.807) is 7.11 Å². The Morgan fingerprint density at radius 3 is 2.85 bits per heavy atom. The van der Waals surface area contributed by atoms with Crippen LogP contribution in [0.25, 0.3) is 0 Å². The van der Waals surface area contributed by atoms with Gasteiger partial charge in [-0.2, -0.15) is 0 Å². The molecular formula is C16H26N2O2. The van der Waals surface area contributed by atoms with E-state index in [1.807, 2.05) is 24.3 Å². The van der Waals surface area contributed by atoms with Gasteiger partial charge >= 0.3 is 0 Å². The summed E-state index contributed by atoms with van der Waals surface area (Å²) in [6.45, 7) is 4.03. The fraction of sp³-hybridized carbons (Fsp3) is 0.625. The first-order valence-corrected chi connectivity index (χ1v) is 7.28. The zero-order valence-corrected chi connectivity index (χ0v) is 12.7. The maximum absolute atomic E-state index is 10.4. The lowest BCUT2D eigenvalue weighted by atomic mass is 10.1. The predicted octanol–water partition coefficient (Wildman–Crippen LogP) is 1.61. The summed E-state index contributed by atoms with van der Waals surface area (Å²) in [6.07, 6.45) is 0.751. The average molecular weight is 278 g/mol. The van der Waals surface area contributed by atoms with Gasteiger partial charge in [-0.15, -0.1) is 0 Å². The molecule has 4 heteroatoms. The van der Waals surface area contributed by atoms with E-state index in [4.69, 9.17) is 4.74 Å². The number of hydrogen-bond donors (Lipinski definition) is 1. The molecule has 0 saturated carbocycles. The van der Waals surface area contributed by atoms with Crippen molar-refractivity contribution in [2.45, 2.75) is 12.5 Å². The van der Waals surface area contributed by atoms with Crippen LogP contribution < -0.4 is 4.74 Å². The Bertz CT molecular complexity index is 425. The quantitative estimate of drug-likeness (QED) is 0.857. The molecule has 112 valence electrons. The zero-order chi connectivity index (χ0) is 14.5. The largest absolute Gasteiger partial charge is 0.496 e. The molecule has 0 radical (unpaired) electrons. The van der Waals surface area contributed by atoms with E-state index in [0.29, 0.717) is 6.54 Å². The van der Waals surface area contributed by atoms with Crippen molar-refractivity contribution in [3.05, 3.63) is 29.8 Å². The molecule has 1 saturated heterocycles. The number of benzene rings is 1. The summed E-state index contributed by atoms with van der Waals surface area (Å²) < 4.78 is 5.31. The van der Waals surface area contributed by atoms with Gasteiger partial charge in [0.1, 0.15) is 5.75 Å². The summed E-state index contributed by atoms with van der Waals surface area (Å²) >= 11 is 0. The molecule has 0 aliphatic carbocycles. The predicted molar refractivity (Wildman–Crippen MR) is 81.1 cm³/mol. The van der Waals surface area contributed by atoms with Crippen molar-refractivity contribution in [1.29, 1.82) is 0 Å². The molecule has 1 aliphatic heterocycles. The van der Waals surface area contributed by atoms with Crippen LogP contribution in [0.3, 0.4) is 0 Å². The molecule has 1 aromatic carbocycles. The summed E-state index contributed by atoms with van der Waals surface area (Å²) in [6, 6.07) is 7.69. The van der Waals surface area contributed by atoms with E-state index in [-0.39, 0.29) is 0 Å². The van der Waals surface area contributed by atoms with Crippen molar-refractivity contribution >= 4 is 0 Å². The third kappa shape index (κ3) is 3.95. The second-order valence-electron chi connectivity index (χ2n) is 5.90. The van der Waals surface area contributed by atoms with Gasteiger partial charge in [0.25, 0.3) is 0 Å². The van der Waals surface area contributed by atoms with Gasteiger partial charge in [-0.1, -0.05) is 18.2 Å². The lowest BCUT2D eigenvalue weighted by Gasteiger charge is -2.24. The molecule has 0 amide bonds. The number of aliphatic hydroxyl groups excluding tert-OH is 1. The highest BCUT2D eigenvalue weighted by atomic mass is 16.5. The van der Waals surface area contributed by atoms with Crippen LogP contribution in [-0.4, -0.2) is 62.3 Å². The molecular weight excluding hydrogens is 252 g/mol. The van der Waals surface area contributed by atoms with Crippen molar-refractivity contribution in [3.63, 3.8) is 0 Å². The Hall–Kier alpha value is -1.10. The van der Waals surface area contributed by atoms with Gasteiger partial charge in [0, 0.05) is 25.2 Å². The summed E-state index contributed by atoms with van der Waals surface area (Å²) in [5.41, 5.74) is 0.866. The molecule has 2 unspecified atom stereocenters. The van der Waals surface area contributed by atoms with Crippen molar-refractivity contribution in [1.82, 2.24) is 9.80 Å². The lowest BCUT2D eigenvalue weighted by molar-refractivity contribution is 0.116. The van der Waals surface area contributed by atoms with Gasteiger partial charge < -0.3 is 19.6 Å². The second kappa shape index (κ2) is 7.07. The maximum Gasteiger partial charge on any atom is 0.124 e. The number of likely N-dealkylation sites (N-methyl/N-ethyl adjacent to an activating group) is 1. The Kier molecular flexibility index (Phi) is 5.40. The van der Waals surface area contributed by atoms with E-state index < -0.39 is 6.10 Å². The van der Waals surface area contributed by atoms with Crippen molar-refractivity contribution in [3.8, 4) is 5.75 Å². The second-order valence-corrected chi connectivity index (χ2v) is 5.90. The van der Waals surface area contributed by atoms with Gasteiger partial charge in [-0.25, -0.2) is 0 Å². The van der Waals surface area contributed by atoms with Crippen LogP contribution in [0, 0.1) is 5.92 Å². The highest BCUT2D eigenvalue weighted by molar-refractivity contribution is 5.35.